The van der Waals surface area contributed by atoms with E-state index < -0.39 is 0 Å². The Morgan fingerprint density at radius 3 is 3.06 bits per heavy atom. The quantitative estimate of drug-likeness (QED) is 0.814. The Balaban J connectivity index is 2.02. The van der Waals surface area contributed by atoms with Crippen LogP contribution in [-0.4, -0.2) is 29.8 Å². The number of halogens is 1. The van der Waals surface area contributed by atoms with Crippen molar-refractivity contribution < 1.29 is 9.47 Å². The average Bonchev–Trinajstić information content (AvgIpc) is 2.74. The Labute approximate surface area is 98.9 Å². The second kappa shape index (κ2) is 4.84. The average molecular weight is 244 g/mol. The fraction of sp³-hybridized carbons (Fsp3) is 0.600. The third kappa shape index (κ3) is 2.54. The summed E-state index contributed by atoms with van der Waals surface area (Å²) in [5.41, 5.74) is 6.88. The van der Waals surface area contributed by atoms with Gasteiger partial charge in [-0.25, -0.2) is 4.98 Å². The van der Waals surface area contributed by atoms with Gasteiger partial charge in [0.25, 0.3) is 0 Å². The molecule has 2 heterocycles. The number of nitrogen functional groups attached to an aromatic ring is 1. The number of rotatable bonds is 3. The van der Waals surface area contributed by atoms with Crippen LogP contribution in [0.4, 0.5) is 5.69 Å². The first-order valence-corrected chi connectivity index (χ1v) is 5.54. The zero-order chi connectivity index (χ0) is 11.5. The number of aromatic nitrogens is 2. The number of ether oxygens (including phenoxy) is 2. The molecule has 0 aliphatic carbocycles. The minimum absolute atomic E-state index is 0.157. The third-order valence-electron chi connectivity index (χ3n) is 2.55. The Bertz CT molecular complexity index is 381. The highest BCUT2D eigenvalue weighted by molar-refractivity contribution is 6.28. The van der Waals surface area contributed by atoms with Crippen LogP contribution in [0, 0.1) is 12.8 Å². The first kappa shape index (κ1) is 11.4. The molecule has 2 rings (SSSR count). The van der Waals surface area contributed by atoms with Gasteiger partial charge in [0.15, 0.2) is 0 Å². The summed E-state index contributed by atoms with van der Waals surface area (Å²) in [7, 11) is 0. The molecule has 1 atom stereocenters. The zero-order valence-corrected chi connectivity index (χ0v) is 9.83. The topological polar surface area (TPSA) is 70.3 Å². The van der Waals surface area contributed by atoms with Gasteiger partial charge in [-0.1, -0.05) is 0 Å². The van der Waals surface area contributed by atoms with Crippen LogP contribution in [0.1, 0.15) is 12.1 Å². The third-order valence-corrected chi connectivity index (χ3v) is 2.72. The van der Waals surface area contributed by atoms with Crippen LogP contribution in [0.25, 0.3) is 0 Å². The van der Waals surface area contributed by atoms with Crippen molar-refractivity contribution in [2.75, 3.05) is 25.6 Å². The molecular weight excluding hydrogens is 230 g/mol. The van der Waals surface area contributed by atoms with Crippen LogP contribution in [0.2, 0.25) is 5.28 Å². The number of hydrogen-bond donors (Lipinski definition) is 1. The Morgan fingerprint density at radius 2 is 2.38 bits per heavy atom. The van der Waals surface area contributed by atoms with Gasteiger partial charge in [-0.3, -0.25) is 0 Å². The maximum Gasteiger partial charge on any atom is 0.241 e. The van der Waals surface area contributed by atoms with Gasteiger partial charge >= 0.3 is 0 Å². The Morgan fingerprint density at radius 1 is 1.56 bits per heavy atom. The monoisotopic (exact) mass is 243 g/mol. The fourth-order valence-corrected chi connectivity index (χ4v) is 1.75. The SMILES string of the molecule is Cc1nc(Cl)nc(OCC2CCOC2)c1N. The van der Waals surface area contributed by atoms with Crippen LogP contribution in [0.5, 0.6) is 5.88 Å². The van der Waals surface area contributed by atoms with Gasteiger partial charge in [0.05, 0.1) is 18.9 Å². The van der Waals surface area contributed by atoms with Crippen molar-refractivity contribution in [3.8, 4) is 5.88 Å². The summed E-state index contributed by atoms with van der Waals surface area (Å²) in [5.74, 6) is 0.776. The molecule has 1 aromatic heterocycles. The maximum absolute atomic E-state index is 5.80. The summed E-state index contributed by atoms with van der Waals surface area (Å²) in [6.45, 7) is 3.86. The number of nitrogens with zero attached hydrogens (tertiary/aromatic N) is 2. The highest BCUT2D eigenvalue weighted by atomic mass is 35.5. The van der Waals surface area contributed by atoms with E-state index in [1.165, 1.54) is 0 Å². The van der Waals surface area contributed by atoms with E-state index in [9.17, 15) is 0 Å². The summed E-state index contributed by atoms with van der Waals surface area (Å²) in [6.07, 6.45) is 1.01. The van der Waals surface area contributed by atoms with Crippen molar-refractivity contribution in [3.63, 3.8) is 0 Å². The van der Waals surface area contributed by atoms with Gasteiger partial charge in [-0.2, -0.15) is 4.98 Å². The number of aryl methyl sites for hydroxylation is 1. The molecule has 1 fully saturated rings. The molecule has 88 valence electrons. The first-order chi connectivity index (χ1) is 7.66. The highest BCUT2D eigenvalue weighted by Crippen LogP contribution is 2.24. The molecule has 0 saturated carbocycles. The number of hydrogen-bond acceptors (Lipinski definition) is 5. The van der Waals surface area contributed by atoms with Crippen molar-refractivity contribution in [3.05, 3.63) is 11.0 Å². The van der Waals surface area contributed by atoms with Crippen LogP contribution in [-0.2, 0) is 4.74 Å². The van der Waals surface area contributed by atoms with E-state index in [0.717, 1.165) is 19.6 Å². The molecule has 5 nitrogen and oxygen atoms in total. The van der Waals surface area contributed by atoms with Crippen molar-refractivity contribution in [1.29, 1.82) is 0 Å². The maximum atomic E-state index is 5.80. The molecule has 0 amide bonds. The molecule has 0 spiro atoms. The fourth-order valence-electron chi connectivity index (χ4n) is 1.54. The van der Waals surface area contributed by atoms with Crippen molar-refractivity contribution in [1.82, 2.24) is 9.97 Å². The van der Waals surface area contributed by atoms with Crippen molar-refractivity contribution in [2.24, 2.45) is 5.92 Å². The molecule has 1 aliphatic heterocycles. The van der Waals surface area contributed by atoms with E-state index in [4.69, 9.17) is 26.8 Å². The lowest BCUT2D eigenvalue weighted by atomic mass is 10.1. The molecule has 2 N–H and O–H groups in total. The lowest BCUT2D eigenvalue weighted by Gasteiger charge is -2.12. The lowest BCUT2D eigenvalue weighted by molar-refractivity contribution is 0.165. The summed E-state index contributed by atoms with van der Waals surface area (Å²) < 4.78 is 10.8. The van der Waals surface area contributed by atoms with Gasteiger partial charge < -0.3 is 15.2 Å². The zero-order valence-electron chi connectivity index (χ0n) is 9.07. The van der Waals surface area contributed by atoms with E-state index in [-0.39, 0.29) is 5.28 Å². The number of nitrogens with two attached hydrogens (primary N) is 1. The number of anilines is 1. The first-order valence-electron chi connectivity index (χ1n) is 5.17. The van der Waals surface area contributed by atoms with Gasteiger partial charge in [0.2, 0.25) is 11.2 Å². The molecule has 0 aromatic carbocycles. The summed E-state index contributed by atoms with van der Waals surface area (Å²) in [4.78, 5) is 7.90. The minimum Gasteiger partial charge on any atom is -0.476 e. The second-order valence-electron chi connectivity index (χ2n) is 3.84. The Hall–Kier alpha value is -1.07. The van der Waals surface area contributed by atoms with Gasteiger partial charge in [0, 0.05) is 12.5 Å². The van der Waals surface area contributed by atoms with Crippen LogP contribution < -0.4 is 10.5 Å². The molecule has 0 radical (unpaired) electrons. The normalized spacial score (nSPS) is 20.0. The van der Waals surface area contributed by atoms with Crippen LogP contribution >= 0.6 is 11.6 Å². The van der Waals surface area contributed by atoms with Crippen molar-refractivity contribution >= 4 is 17.3 Å². The summed E-state index contributed by atoms with van der Waals surface area (Å²) in [5, 5.41) is 0.157. The molecule has 1 aromatic rings. The molecule has 6 heteroatoms. The van der Waals surface area contributed by atoms with Gasteiger partial charge in [-0.15, -0.1) is 0 Å². The highest BCUT2D eigenvalue weighted by Gasteiger charge is 2.18. The lowest BCUT2D eigenvalue weighted by Crippen LogP contribution is -2.14. The predicted molar refractivity (Wildman–Crippen MR) is 60.6 cm³/mol. The van der Waals surface area contributed by atoms with E-state index in [1.807, 2.05) is 0 Å². The molecular formula is C10H14ClN3O2. The van der Waals surface area contributed by atoms with Crippen molar-refractivity contribution in [2.45, 2.75) is 13.3 Å². The molecule has 16 heavy (non-hydrogen) atoms. The Kier molecular flexibility index (Phi) is 3.46. The molecule has 1 unspecified atom stereocenters. The smallest absolute Gasteiger partial charge is 0.241 e. The summed E-state index contributed by atoms with van der Waals surface area (Å²) >= 11 is 5.74. The summed E-state index contributed by atoms with van der Waals surface area (Å²) in [6, 6.07) is 0. The second-order valence-corrected chi connectivity index (χ2v) is 4.18. The van der Waals surface area contributed by atoms with E-state index >= 15 is 0 Å². The van der Waals surface area contributed by atoms with Gasteiger partial charge in [0.1, 0.15) is 5.69 Å². The minimum atomic E-state index is 0.157. The van der Waals surface area contributed by atoms with Crippen LogP contribution in [0.3, 0.4) is 0 Å². The largest absolute Gasteiger partial charge is 0.476 e. The van der Waals surface area contributed by atoms with E-state index in [0.29, 0.717) is 29.8 Å². The molecule has 0 bridgehead atoms. The predicted octanol–water partition coefficient (Wildman–Crippen LogP) is 1.44. The van der Waals surface area contributed by atoms with E-state index in [2.05, 4.69) is 9.97 Å². The van der Waals surface area contributed by atoms with E-state index in [1.54, 1.807) is 6.92 Å². The van der Waals surface area contributed by atoms with Gasteiger partial charge in [-0.05, 0) is 24.9 Å². The van der Waals surface area contributed by atoms with Crippen LogP contribution in [0.15, 0.2) is 0 Å². The standard InChI is InChI=1S/C10H14ClN3O2/c1-6-8(12)9(14-10(11)13-6)16-5-7-2-3-15-4-7/h7H,2-5,12H2,1H3. The molecule has 1 aliphatic rings. The molecule has 1 saturated heterocycles.